The highest BCUT2D eigenvalue weighted by atomic mass is 16.3. The molecule has 1 saturated heterocycles. The Morgan fingerprint density at radius 2 is 1.89 bits per heavy atom. The monoisotopic (exact) mass is 384 g/mol. The summed E-state index contributed by atoms with van der Waals surface area (Å²) in [4.78, 5) is 15.6. The maximum Gasteiger partial charge on any atom is 0.257 e. The zero-order valence-electron chi connectivity index (χ0n) is 17.5. The van der Waals surface area contributed by atoms with Crippen LogP contribution in [0, 0.1) is 5.92 Å². The van der Waals surface area contributed by atoms with Gasteiger partial charge in [0.25, 0.3) is 5.91 Å². The summed E-state index contributed by atoms with van der Waals surface area (Å²) in [6.07, 6.45) is 9.41. The van der Waals surface area contributed by atoms with Gasteiger partial charge in [0.15, 0.2) is 5.60 Å². The normalized spacial score (nSPS) is 21.8. The van der Waals surface area contributed by atoms with Crippen LogP contribution in [0.5, 0.6) is 0 Å². The molecule has 1 aromatic carbocycles. The molecule has 0 radical (unpaired) electrons. The van der Waals surface area contributed by atoms with Crippen LogP contribution in [-0.4, -0.2) is 41.6 Å². The predicted octanol–water partition coefficient (Wildman–Crippen LogP) is 4.00. The van der Waals surface area contributed by atoms with E-state index >= 15 is 0 Å². The van der Waals surface area contributed by atoms with Gasteiger partial charge in [-0.1, -0.05) is 48.4 Å². The lowest BCUT2D eigenvalue weighted by Crippen LogP contribution is -2.55. The maximum absolute atomic E-state index is 13.1. The van der Waals surface area contributed by atoms with E-state index in [1.54, 1.807) is 0 Å². The minimum Gasteiger partial charge on any atom is -0.375 e. The number of hydrogen-bond donors (Lipinski definition) is 2. The average Bonchev–Trinajstić information content (AvgIpc) is 2.68. The lowest BCUT2D eigenvalue weighted by Gasteiger charge is -2.42. The Balaban J connectivity index is 1.53. The summed E-state index contributed by atoms with van der Waals surface area (Å²) in [7, 11) is 0. The Kier molecular flexibility index (Phi) is 7.30. The number of likely N-dealkylation sites (tertiary alicyclic amines) is 1. The van der Waals surface area contributed by atoms with Crippen molar-refractivity contribution < 1.29 is 9.90 Å². The molecule has 2 fully saturated rings. The summed E-state index contributed by atoms with van der Waals surface area (Å²) in [6, 6.07) is 9.66. The Morgan fingerprint density at radius 3 is 2.46 bits per heavy atom. The first-order valence-electron chi connectivity index (χ1n) is 11.0. The second-order valence-electron chi connectivity index (χ2n) is 8.59. The first-order chi connectivity index (χ1) is 13.5. The molecule has 0 aromatic heterocycles. The smallest absolute Gasteiger partial charge is 0.257 e. The number of piperidine rings is 1. The second-order valence-corrected chi connectivity index (χ2v) is 8.59. The SMILES string of the molecule is CC=C(C)CCCN1CCC(NC(=O)C(O)(c2ccccc2)C2CCC2)CC1. The molecule has 154 valence electrons. The number of aliphatic hydroxyl groups is 1. The van der Waals surface area contributed by atoms with Crippen LogP contribution in [0.3, 0.4) is 0 Å². The van der Waals surface area contributed by atoms with Crippen molar-refractivity contribution in [3.8, 4) is 0 Å². The van der Waals surface area contributed by atoms with Crippen LogP contribution in [0.4, 0.5) is 0 Å². The molecular weight excluding hydrogens is 348 g/mol. The molecule has 1 atom stereocenters. The van der Waals surface area contributed by atoms with Gasteiger partial charge >= 0.3 is 0 Å². The second kappa shape index (κ2) is 9.71. The van der Waals surface area contributed by atoms with Crippen LogP contribution in [0.2, 0.25) is 0 Å². The Morgan fingerprint density at radius 1 is 1.21 bits per heavy atom. The summed E-state index contributed by atoms with van der Waals surface area (Å²) < 4.78 is 0. The standard InChI is InChI=1S/C24H36N2O2/c1-3-19(2)9-8-16-26-17-14-22(15-18-26)25-23(27)24(28,21-12-7-13-21)20-10-5-4-6-11-20/h3-6,10-11,21-22,28H,7-9,12-18H2,1-2H3,(H,25,27). The third-order valence-electron chi connectivity index (χ3n) is 6.72. The van der Waals surface area contributed by atoms with E-state index in [9.17, 15) is 9.90 Å². The number of rotatable bonds is 8. The quantitative estimate of drug-likeness (QED) is 0.666. The molecule has 1 aliphatic carbocycles. The van der Waals surface area contributed by atoms with Crippen LogP contribution < -0.4 is 5.32 Å². The number of hydrogen-bond acceptors (Lipinski definition) is 3. The van der Waals surface area contributed by atoms with E-state index in [-0.39, 0.29) is 17.9 Å². The largest absolute Gasteiger partial charge is 0.375 e. The molecule has 0 bridgehead atoms. The van der Waals surface area contributed by atoms with Crippen LogP contribution in [0.25, 0.3) is 0 Å². The zero-order valence-corrected chi connectivity index (χ0v) is 17.5. The highest BCUT2D eigenvalue weighted by Crippen LogP contribution is 2.42. The number of benzene rings is 1. The van der Waals surface area contributed by atoms with E-state index in [1.165, 1.54) is 18.4 Å². The molecule has 1 unspecified atom stereocenters. The van der Waals surface area contributed by atoms with Gasteiger partial charge < -0.3 is 15.3 Å². The molecule has 1 saturated carbocycles. The number of nitrogens with one attached hydrogen (secondary N) is 1. The average molecular weight is 385 g/mol. The minimum atomic E-state index is -1.39. The molecule has 1 amide bonds. The van der Waals surface area contributed by atoms with Crippen LogP contribution in [0.1, 0.15) is 64.4 Å². The van der Waals surface area contributed by atoms with Gasteiger partial charge in [-0.25, -0.2) is 0 Å². The van der Waals surface area contributed by atoms with Crippen molar-refractivity contribution in [2.45, 2.75) is 70.4 Å². The molecule has 4 heteroatoms. The van der Waals surface area contributed by atoms with Crippen molar-refractivity contribution in [1.82, 2.24) is 10.2 Å². The van der Waals surface area contributed by atoms with E-state index in [2.05, 4.69) is 30.1 Å². The molecule has 4 nitrogen and oxygen atoms in total. The molecule has 2 N–H and O–H groups in total. The number of carbonyl (C=O) groups excluding carboxylic acids is 1. The van der Waals surface area contributed by atoms with E-state index in [4.69, 9.17) is 0 Å². The fraction of sp³-hybridized carbons (Fsp3) is 0.625. The van der Waals surface area contributed by atoms with E-state index in [0.29, 0.717) is 0 Å². The van der Waals surface area contributed by atoms with Gasteiger partial charge in [-0.15, -0.1) is 0 Å². The van der Waals surface area contributed by atoms with Gasteiger partial charge in [0.1, 0.15) is 0 Å². The van der Waals surface area contributed by atoms with Gasteiger partial charge in [0.2, 0.25) is 0 Å². The van der Waals surface area contributed by atoms with Crippen molar-refractivity contribution in [3.63, 3.8) is 0 Å². The highest BCUT2D eigenvalue weighted by molar-refractivity contribution is 5.87. The van der Waals surface area contributed by atoms with E-state index in [0.717, 1.165) is 57.3 Å². The Labute approximate surface area is 170 Å². The lowest BCUT2D eigenvalue weighted by atomic mass is 9.69. The first-order valence-corrected chi connectivity index (χ1v) is 11.0. The van der Waals surface area contributed by atoms with Crippen molar-refractivity contribution >= 4 is 5.91 Å². The minimum absolute atomic E-state index is 0.0323. The molecule has 1 aromatic rings. The topological polar surface area (TPSA) is 52.6 Å². The summed E-state index contributed by atoms with van der Waals surface area (Å²) in [5.41, 5.74) is 0.799. The van der Waals surface area contributed by atoms with Gasteiger partial charge in [0.05, 0.1) is 0 Å². The summed E-state index contributed by atoms with van der Waals surface area (Å²) >= 11 is 0. The van der Waals surface area contributed by atoms with Crippen molar-refractivity contribution in [2.75, 3.05) is 19.6 Å². The summed E-state index contributed by atoms with van der Waals surface area (Å²) in [6.45, 7) is 7.46. The highest BCUT2D eigenvalue weighted by Gasteiger charge is 2.48. The van der Waals surface area contributed by atoms with Crippen molar-refractivity contribution in [1.29, 1.82) is 0 Å². The lowest BCUT2D eigenvalue weighted by molar-refractivity contribution is -0.153. The van der Waals surface area contributed by atoms with Crippen molar-refractivity contribution in [2.24, 2.45) is 5.92 Å². The Bertz CT molecular complexity index is 660. The first kappa shape index (κ1) is 21.1. The molecular formula is C24H36N2O2. The van der Waals surface area contributed by atoms with Gasteiger partial charge in [-0.05, 0) is 64.5 Å². The number of nitrogens with zero attached hydrogens (tertiary/aromatic N) is 1. The van der Waals surface area contributed by atoms with E-state index in [1.807, 2.05) is 30.3 Å². The fourth-order valence-electron chi connectivity index (χ4n) is 4.39. The molecule has 1 heterocycles. The number of amides is 1. The summed E-state index contributed by atoms with van der Waals surface area (Å²) in [5.74, 6) is -0.171. The van der Waals surface area contributed by atoms with Gasteiger partial charge in [-0.2, -0.15) is 0 Å². The third kappa shape index (κ3) is 4.84. The van der Waals surface area contributed by atoms with Crippen LogP contribution >= 0.6 is 0 Å². The predicted molar refractivity (Wildman–Crippen MR) is 114 cm³/mol. The summed E-state index contributed by atoms with van der Waals surface area (Å²) in [5, 5.41) is 14.6. The number of allylic oxidation sites excluding steroid dienone is 2. The van der Waals surface area contributed by atoms with Gasteiger partial charge in [0, 0.05) is 25.0 Å². The van der Waals surface area contributed by atoms with Crippen LogP contribution in [0.15, 0.2) is 42.0 Å². The Hall–Kier alpha value is -1.65. The number of carbonyl (C=O) groups is 1. The maximum atomic E-state index is 13.1. The molecule has 2 aliphatic rings. The van der Waals surface area contributed by atoms with Crippen LogP contribution in [-0.2, 0) is 10.4 Å². The molecule has 3 rings (SSSR count). The molecule has 28 heavy (non-hydrogen) atoms. The van der Waals surface area contributed by atoms with E-state index < -0.39 is 5.60 Å². The van der Waals surface area contributed by atoms with Gasteiger partial charge in [-0.3, -0.25) is 4.79 Å². The fourth-order valence-corrected chi connectivity index (χ4v) is 4.39. The van der Waals surface area contributed by atoms with Crippen molar-refractivity contribution in [3.05, 3.63) is 47.5 Å². The zero-order chi connectivity index (χ0) is 20.0. The molecule has 0 spiro atoms. The molecule has 1 aliphatic heterocycles. The third-order valence-corrected chi connectivity index (χ3v) is 6.72.